The first-order valence-electron chi connectivity index (χ1n) is 8.03. The number of nitrogens with zero attached hydrogens (tertiary/aromatic N) is 2. The smallest absolute Gasteiger partial charge is 0.294 e. The Morgan fingerprint density at radius 2 is 2.00 bits per heavy atom. The molecule has 3 rings (SSSR count). The monoisotopic (exact) mass is 394 g/mol. The van der Waals surface area contributed by atoms with E-state index in [-0.39, 0.29) is 23.0 Å². The molecule has 1 aromatic carbocycles. The summed E-state index contributed by atoms with van der Waals surface area (Å²) >= 11 is 0.794. The molecule has 0 saturated carbocycles. The normalized spacial score (nSPS) is 23.7. The minimum Gasteiger partial charge on any atom is -0.340 e. The number of thioether (sulfide) groups is 1. The van der Waals surface area contributed by atoms with Crippen molar-refractivity contribution in [1.82, 2.24) is 9.80 Å². The number of carbonyl (C=O) groups excluding carboxylic acids is 3. The molecule has 9 heteroatoms. The zero-order valence-electron chi connectivity index (χ0n) is 14.1. The van der Waals surface area contributed by atoms with Crippen LogP contribution in [-0.2, 0) is 19.4 Å². The van der Waals surface area contributed by atoms with Gasteiger partial charge in [-0.2, -0.15) is 0 Å². The fourth-order valence-electron chi connectivity index (χ4n) is 2.87. The quantitative estimate of drug-likeness (QED) is 0.716. The van der Waals surface area contributed by atoms with Crippen LogP contribution in [0.3, 0.4) is 0 Å². The van der Waals surface area contributed by atoms with E-state index in [0.29, 0.717) is 6.42 Å². The number of benzene rings is 1. The Balaban J connectivity index is 1.68. The Morgan fingerprint density at radius 3 is 2.62 bits per heavy atom. The van der Waals surface area contributed by atoms with Crippen molar-refractivity contribution in [2.24, 2.45) is 0 Å². The summed E-state index contributed by atoms with van der Waals surface area (Å²) in [6.07, 6.45) is 1.99. The first-order valence-corrected chi connectivity index (χ1v) is 10.7. The molecule has 138 valence electrons. The molecular formula is C17H18N2O5S2. The third-order valence-electron chi connectivity index (χ3n) is 4.41. The largest absolute Gasteiger partial charge is 0.340 e. The average molecular weight is 394 g/mol. The highest BCUT2D eigenvalue weighted by molar-refractivity contribution is 8.18. The van der Waals surface area contributed by atoms with Crippen molar-refractivity contribution in [2.75, 3.05) is 25.1 Å². The minimum absolute atomic E-state index is 0.0523. The van der Waals surface area contributed by atoms with Gasteiger partial charge in [0.05, 0.1) is 16.4 Å². The van der Waals surface area contributed by atoms with Crippen molar-refractivity contribution in [1.29, 1.82) is 0 Å². The van der Waals surface area contributed by atoms with Crippen LogP contribution in [-0.4, -0.2) is 66.4 Å². The van der Waals surface area contributed by atoms with Crippen molar-refractivity contribution in [3.63, 3.8) is 0 Å². The molecule has 0 aromatic heterocycles. The maximum Gasteiger partial charge on any atom is 0.294 e. The zero-order chi connectivity index (χ0) is 18.9. The van der Waals surface area contributed by atoms with Gasteiger partial charge in [0.15, 0.2) is 9.84 Å². The Morgan fingerprint density at radius 1 is 1.31 bits per heavy atom. The Bertz CT molecular complexity index is 880. The number of hydrogen-bond donors (Lipinski definition) is 0. The van der Waals surface area contributed by atoms with Crippen molar-refractivity contribution in [3.05, 3.63) is 40.8 Å². The van der Waals surface area contributed by atoms with Gasteiger partial charge in [-0.3, -0.25) is 19.3 Å². The molecule has 0 unspecified atom stereocenters. The van der Waals surface area contributed by atoms with Crippen LogP contribution in [0.2, 0.25) is 0 Å². The van der Waals surface area contributed by atoms with Crippen molar-refractivity contribution >= 4 is 44.7 Å². The van der Waals surface area contributed by atoms with E-state index < -0.39 is 32.9 Å². The van der Waals surface area contributed by atoms with Gasteiger partial charge < -0.3 is 4.90 Å². The van der Waals surface area contributed by atoms with Crippen LogP contribution in [0.25, 0.3) is 6.08 Å². The first-order chi connectivity index (χ1) is 12.3. The van der Waals surface area contributed by atoms with E-state index in [1.807, 2.05) is 30.3 Å². The highest BCUT2D eigenvalue weighted by Gasteiger charge is 2.39. The van der Waals surface area contributed by atoms with Gasteiger partial charge in [-0.25, -0.2) is 8.42 Å². The second kappa shape index (κ2) is 7.24. The Labute approximate surface area is 155 Å². The lowest BCUT2D eigenvalue weighted by molar-refractivity contribution is -0.136. The number of carbonyl (C=O) groups is 3. The van der Waals surface area contributed by atoms with Crippen molar-refractivity contribution in [2.45, 2.75) is 12.5 Å². The summed E-state index contributed by atoms with van der Waals surface area (Å²) < 4.78 is 23.1. The van der Waals surface area contributed by atoms with E-state index in [4.69, 9.17) is 0 Å². The predicted octanol–water partition coefficient (Wildman–Crippen LogP) is 1.37. The van der Waals surface area contributed by atoms with Gasteiger partial charge in [0, 0.05) is 13.1 Å². The summed E-state index contributed by atoms with van der Waals surface area (Å²) in [5.41, 5.74) is 0.789. The minimum atomic E-state index is -3.12. The molecule has 1 atom stereocenters. The molecule has 0 spiro atoms. The molecule has 3 amide bonds. The van der Waals surface area contributed by atoms with Crippen LogP contribution in [0.5, 0.6) is 0 Å². The molecule has 2 saturated heterocycles. The van der Waals surface area contributed by atoms with Gasteiger partial charge >= 0.3 is 0 Å². The lowest BCUT2D eigenvalue weighted by Crippen LogP contribution is -2.45. The van der Waals surface area contributed by atoms with Gasteiger partial charge in [-0.15, -0.1) is 0 Å². The van der Waals surface area contributed by atoms with Crippen LogP contribution >= 0.6 is 11.8 Å². The molecule has 0 N–H and O–H groups in total. The van der Waals surface area contributed by atoms with Crippen LogP contribution in [0.1, 0.15) is 12.0 Å². The van der Waals surface area contributed by atoms with E-state index >= 15 is 0 Å². The fourth-order valence-corrected chi connectivity index (χ4v) is 5.48. The van der Waals surface area contributed by atoms with Crippen LogP contribution in [0.15, 0.2) is 35.2 Å². The van der Waals surface area contributed by atoms with Gasteiger partial charge in [-0.1, -0.05) is 30.3 Å². The highest BCUT2D eigenvalue weighted by Crippen LogP contribution is 2.32. The van der Waals surface area contributed by atoms with Crippen molar-refractivity contribution in [3.8, 4) is 0 Å². The molecule has 7 nitrogen and oxygen atoms in total. The molecule has 2 heterocycles. The Kier molecular flexibility index (Phi) is 5.19. The van der Waals surface area contributed by atoms with E-state index in [2.05, 4.69) is 0 Å². The Hall–Kier alpha value is -2.13. The average Bonchev–Trinajstić information content (AvgIpc) is 3.09. The fraction of sp³-hybridized carbons (Fsp3) is 0.353. The number of likely N-dealkylation sites (N-methyl/N-ethyl adjacent to an activating group) is 1. The van der Waals surface area contributed by atoms with Crippen LogP contribution < -0.4 is 0 Å². The molecule has 2 fully saturated rings. The SMILES string of the molecule is CN(C(=O)CN1C(=O)S/C(=C\c2ccccc2)C1=O)[C@@H]1CCS(=O)(=O)C1. The summed E-state index contributed by atoms with van der Waals surface area (Å²) in [5, 5.41) is -0.502. The van der Waals surface area contributed by atoms with E-state index in [0.717, 1.165) is 22.2 Å². The number of amides is 3. The molecule has 2 aliphatic heterocycles. The summed E-state index contributed by atoms with van der Waals surface area (Å²) in [6, 6.07) is 8.71. The maximum absolute atomic E-state index is 12.5. The van der Waals surface area contributed by atoms with Crippen LogP contribution in [0, 0.1) is 0 Å². The van der Waals surface area contributed by atoms with Crippen molar-refractivity contribution < 1.29 is 22.8 Å². The van der Waals surface area contributed by atoms with Gasteiger partial charge in [-0.05, 0) is 29.8 Å². The lowest BCUT2D eigenvalue weighted by Gasteiger charge is -2.25. The van der Waals surface area contributed by atoms with E-state index in [1.54, 1.807) is 6.08 Å². The topological polar surface area (TPSA) is 91.8 Å². The second-order valence-electron chi connectivity index (χ2n) is 6.24. The maximum atomic E-state index is 12.5. The molecular weight excluding hydrogens is 376 g/mol. The second-order valence-corrected chi connectivity index (χ2v) is 9.46. The zero-order valence-corrected chi connectivity index (χ0v) is 15.8. The molecule has 0 aliphatic carbocycles. The summed E-state index contributed by atoms with van der Waals surface area (Å²) in [4.78, 5) is 39.5. The third-order valence-corrected chi connectivity index (χ3v) is 7.07. The van der Waals surface area contributed by atoms with Crippen LogP contribution in [0.4, 0.5) is 4.79 Å². The summed E-state index contributed by atoms with van der Waals surface area (Å²) in [7, 11) is -1.61. The number of hydrogen-bond acceptors (Lipinski definition) is 6. The number of sulfone groups is 1. The molecule has 0 radical (unpaired) electrons. The first kappa shape index (κ1) is 18.7. The third kappa shape index (κ3) is 3.99. The molecule has 2 aliphatic rings. The predicted molar refractivity (Wildman–Crippen MR) is 98.9 cm³/mol. The molecule has 1 aromatic rings. The summed E-state index contributed by atoms with van der Waals surface area (Å²) in [6.45, 7) is -0.385. The number of rotatable bonds is 4. The standard InChI is InChI=1S/C17H18N2O5S2/c1-18(13-7-8-26(23,24)11-13)15(20)10-19-16(21)14(25-17(19)22)9-12-5-3-2-4-6-12/h2-6,9,13H,7-8,10-11H2,1H3/b14-9-/t13-/m1/s1. The molecule has 26 heavy (non-hydrogen) atoms. The summed E-state index contributed by atoms with van der Waals surface area (Å²) in [5.74, 6) is -0.984. The molecule has 0 bridgehead atoms. The van der Waals surface area contributed by atoms with Gasteiger partial charge in [0.1, 0.15) is 6.54 Å². The highest BCUT2D eigenvalue weighted by atomic mass is 32.2. The van der Waals surface area contributed by atoms with Gasteiger partial charge in [0.25, 0.3) is 11.1 Å². The lowest BCUT2D eigenvalue weighted by atomic mass is 10.2. The number of imide groups is 1. The van der Waals surface area contributed by atoms with E-state index in [1.165, 1.54) is 11.9 Å². The van der Waals surface area contributed by atoms with E-state index in [9.17, 15) is 22.8 Å². The van der Waals surface area contributed by atoms with Gasteiger partial charge in [0.2, 0.25) is 5.91 Å².